The lowest BCUT2D eigenvalue weighted by Crippen LogP contribution is -2.52. The number of halogens is 3. The van der Waals surface area contributed by atoms with Crippen LogP contribution in [0, 0.1) is 17.3 Å². The van der Waals surface area contributed by atoms with Crippen LogP contribution in [0.5, 0.6) is 5.75 Å². The summed E-state index contributed by atoms with van der Waals surface area (Å²) in [6.07, 6.45) is 8.41. The van der Waals surface area contributed by atoms with Gasteiger partial charge in [0, 0.05) is 17.8 Å². The molecular weight excluding hydrogens is 541 g/mol. The summed E-state index contributed by atoms with van der Waals surface area (Å²) in [5.41, 5.74) is -0.269. The average molecular weight is 579 g/mol. The topological polar surface area (TPSA) is 69.7 Å². The first-order valence-electron chi connectivity index (χ1n) is 14.3. The molecule has 5 atom stereocenters. The number of benzene rings is 1. The molecular formula is C31H37F3O5S. The predicted molar refractivity (Wildman–Crippen MR) is 146 cm³/mol. The summed E-state index contributed by atoms with van der Waals surface area (Å²) in [6.45, 7) is 11.4. The van der Waals surface area contributed by atoms with Crippen molar-refractivity contribution in [2.24, 2.45) is 17.3 Å². The Bertz CT molecular complexity index is 1370. The van der Waals surface area contributed by atoms with Crippen LogP contribution in [0.25, 0.3) is 0 Å². The molecule has 5 aliphatic rings. The second-order valence-corrected chi connectivity index (χ2v) is 13.2. The Morgan fingerprint density at radius 2 is 1.75 bits per heavy atom. The molecule has 0 aromatic heterocycles. The zero-order chi connectivity index (χ0) is 29.1. The highest BCUT2D eigenvalue weighted by Gasteiger charge is 2.66. The van der Waals surface area contributed by atoms with Crippen LogP contribution < -0.4 is 4.18 Å². The predicted octanol–water partition coefficient (Wildman–Crippen LogP) is 7.56. The Balaban J connectivity index is 0.00000158. The fourth-order valence-corrected chi connectivity index (χ4v) is 8.81. The zero-order valence-corrected chi connectivity index (χ0v) is 24.1. The number of ketones is 1. The molecule has 0 N–H and O–H groups in total. The summed E-state index contributed by atoms with van der Waals surface area (Å²) < 4.78 is 72.4. The van der Waals surface area contributed by atoms with Gasteiger partial charge in [0.1, 0.15) is 5.75 Å². The van der Waals surface area contributed by atoms with Crippen LogP contribution in [0.2, 0.25) is 0 Å². The lowest BCUT2D eigenvalue weighted by Gasteiger charge is -2.55. The maximum atomic E-state index is 12.8. The van der Waals surface area contributed by atoms with Gasteiger partial charge < -0.3 is 8.92 Å². The maximum absolute atomic E-state index is 12.8. The van der Waals surface area contributed by atoms with Crippen LogP contribution in [0.1, 0.15) is 83.6 Å². The molecule has 4 aliphatic carbocycles. The van der Waals surface area contributed by atoms with Gasteiger partial charge in [-0.3, -0.25) is 4.79 Å². The van der Waals surface area contributed by atoms with E-state index in [4.69, 9.17) is 4.74 Å². The smallest absolute Gasteiger partial charge is 0.376 e. The minimum atomic E-state index is -5.75. The Hall–Kier alpha value is -2.39. The number of rotatable bonds is 3. The number of fused-ring (bicyclic) bond motifs is 5. The van der Waals surface area contributed by atoms with Crippen LogP contribution in [-0.4, -0.2) is 31.9 Å². The molecule has 1 heterocycles. The number of hydrogen-bond donors (Lipinski definition) is 0. The van der Waals surface area contributed by atoms with Crippen LogP contribution in [0.3, 0.4) is 0 Å². The minimum Gasteiger partial charge on any atom is -0.376 e. The van der Waals surface area contributed by atoms with Crippen molar-refractivity contribution < 1.29 is 35.3 Å². The quantitative estimate of drug-likeness (QED) is 0.210. The Morgan fingerprint density at radius 1 is 1.05 bits per heavy atom. The highest BCUT2D eigenvalue weighted by molar-refractivity contribution is 7.88. The number of ether oxygens (including phenoxy) is 1. The molecule has 218 valence electrons. The van der Waals surface area contributed by atoms with E-state index in [0.717, 1.165) is 55.2 Å². The van der Waals surface area contributed by atoms with E-state index in [0.29, 0.717) is 31.3 Å². The van der Waals surface area contributed by atoms with E-state index >= 15 is 0 Å². The average Bonchev–Trinajstić information content (AvgIpc) is 3.44. The fourth-order valence-electron chi connectivity index (χ4n) is 8.35. The fraction of sp³-hybridized carbons (Fsp3) is 0.581. The minimum absolute atomic E-state index is 0.0339. The van der Waals surface area contributed by atoms with E-state index in [-0.39, 0.29) is 28.5 Å². The highest BCUT2D eigenvalue weighted by Crippen LogP contribution is 2.70. The molecule has 5 nitrogen and oxygen atoms in total. The molecule has 2 saturated carbocycles. The molecule has 1 aromatic carbocycles. The Kier molecular flexibility index (Phi) is 7.39. The molecule has 1 saturated heterocycles. The molecule has 3 fully saturated rings. The maximum Gasteiger partial charge on any atom is 0.534 e. The van der Waals surface area contributed by atoms with Crippen molar-refractivity contribution in [1.82, 2.24) is 0 Å². The standard InChI is InChI=1S/C29H31F3O5S.C2H6/c1-17-12-14-36-28(17)13-11-25-23-9-5-19-15-20(33)6-10-22(19)26(23)24(16-27(25,28)2)18-3-7-21(8-4-18)37-38(34,35)29(30,31)32;1-2/h3-4,7-8,15,23-25H,1,5-6,9-14,16H2,2H3;1-2H3/t23-,24+,25-,27-,28+;/m0./s1. The number of carbonyl (C=O) groups excluding carboxylic acids is 1. The summed E-state index contributed by atoms with van der Waals surface area (Å²) in [5.74, 6) is 0.473. The van der Waals surface area contributed by atoms with E-state index < -0.39 is 15.6 Å². The second kappa shape index (κ2) is 10.2. The van der Waals surface area contributed by atoms with Crippen molar-refractivity contribution >= 4 is 15.9 Å². The molecule has 6 rings (SSSR count). The highest BCUT2D eigenvalue weighted by atomic mass is 32.2. The zero-order valence-electron chi connectivity index (χ0n) is 23.3. The molecule has 0 unspecified atom stereocenters. The molecule has 0 bridgehead atoms. The van der Waals surface area contributed by atoms with Crippen LogP contribution in [0.15, 0.2) is 59.2 Å². The van der Waals surface area contributed by atoms with Gasteiger partial charge in [-0.15, -0.1) is 0 Å². The third-order valence-corrected chi connectivity index (χ3v) is 10.9. The second-order valence-electron chi connectivity index (χ2n) is 11.6. The lowest BCUT2D eigenvalue weighted by molar-refractivity contribution is -0.114. The first-order valence-corrected chi connectivity index (χ1v) is 15.7. The number of hydrogen-bond acceptors (Lipinski definition) is 5. The summed E-state index contributed by atoms with van der Waals surface area (Å²) in [4.78, 5) is 12.2. The molecule has 1 aliphatic heterocycles. The lowest BCUT2D eigenvalue weighted by atomic mass is 9.50. The van der Waals surface area contributed by atoms with E-state index in [9.17, 15) is 26.4 Å². The van der Waals surface area contributed by atoms with Gasteiger partial charge in [-0.05, 0) is 97.3 Å². The third kappa shape index (κ3) is 4.39. The summed E-state index contributed by atoms with van der Waals surface area (Å²) >= 11 is 0. The van der Waals surface area contributed by atoms with Crippen molar-refractivity contribution in [2.75, 3.05) is 6.61 Å². The molecule has 0 amide bonds. The van der Waals surface area contributed by atoms with Gasteiger partial charge in [-0.1, -0.05) is 45.1 Å². The molecule has 1 aromatic rings. The first kappa shape index (κ1) is 29.1. The van der Waals surface area contributed by atoms with Gasteiger partial charge in [0.2, 0.25) is 0 Å². The largest absolute Gasteiger partial charge is 0.534 e. The molecule has 0 radical (unpaired) electrons. The van der Waals surface area contributed by atoms with E-state index in [2.05, 4.69) is 17.7 Å². The number of allylic oxidation sites excluding steroid dienone is 4. The molecule has 9 heteroatoms. The first-order chi connectivity index (χ1) is 18.9. The summed E-state index contributed by atoms with van der Waals surface area (Å²) in [5, 5.41) is 0. The van der Waals surface area contributed by atoms with Gasteiger partial charge in [0.15, 0.2) is 5.78 Å². The molecule has 1 spiro atoms. The van der Waals surface area contributed by atoms with Crippen LogP contribution in [-0.2, 0) is 19.6 Å². The summed E-state index contributed by atoms with van der Waals surface area (Å²) in [7, 11) is -5.75. The van der Waals surface area contributed by atoms with Crippen molar-refractivity contribution in [3.05, 3.63) is 64.8 Å². The van der Waals surface area contributed by atoms with Gasteiger partial charge in [0.25, 0.3) is 0 Å². The SMILES string of the molecule is C=C1CCO[C@]12CC[C@H]1[C@@H]3CCC4=CC(=O)CCC4=C3[C@@H](c3ccc(OS(=O)(=O)C(F)(F)F)cc3)C[C@@]12C.CC. The van der Waals surface area contributed by atoms with Gasteiger partial charge in [0.05, 0.1) is 12.2 Å². The molecule has 40 heavy (non-hydrogen) atoms. The van der Waals surface area contributed by atoms with Crippen molar-refractivity contribution in [1.29, 1.82) is 0 Å². The number of alkyl halides is 3. The van der Waals surface area contributed by atoms with Crippen molar-refractivity contribution in [3.63, 3.8) is 0 Å². The van der Waals surface area contributed by atoms with Gasteiger partial charge in [-0.25, -0.2) is 0 Å². The van der Waals surface area contributed by atoms with Gasteiger partial charge in [-0.2, -0.15) is 21.6 Å². The van der Waals surface area contributed by atoms with E-state index in [1.807, 2.05) is 13.8 Å². The normalized spacial score (nSPS) is 33.5. The Labute approximate surface area is 234 Å². The monoisotopic (exact) mass is 578 g/mol. The van der Waals surface area contributed by atoms with Gasteiger partial charge >= 0.3 is 15.6 Å². The third-order valence-electron chi connectivity index (χ3n) is 9.95. The summed E-state index contributed by atoms with van der Waals surface area (Å²) in [6, 6.07) is 5.95. The van der Waals surface area contributed by atoms with E-state index in [1.54, 1.807) is 18.2 Å². The van der Waals surface area contributed by atoms with Crippen molar-refractivity contribution in [2.45, 2.75) is 89.2 Å². The number of carbonyl (C=O) groups is 1. The van der Waals surface area contributed by atoms with Crippen LogP contribution >= 0.6 is 0 Å². The van der Waals surface area contributed by atoms with Crippen LogP contribution in [0.4, 0.5) is 13.2 Å². The Morgan fingerprint density at radius 3 is 2.38 bits per heavy atom. The van der Waals surface area contributed by atoms with Crippen molar-refractivity contribution in [3.8, 4) is 5.75 Å². The van der Waals surface area contributed by atoms with E-state index in [1.165, 1.54) is 23.3 Å².